The number of amides is 2. The molecule has 0 aromatic heterocycles. The molecule has 0 fully saturated rings. The molecule has 0 aliphatic carbocycles. The van der Waals surface area contributed by atoms with Crippen LogP contribution in [0, 0.1) is 0 Å². The Morgan fingerprint density at radius 1 is 0.600 bits per heavy atom. The summed E-state index contributed by atoms with van der Waals surface area (Å²) in [4.78, 5) is 50.9. The zero-order valence-electron chi connectivity index (χ0n) is 26.8. The molecule has 10 nitrogen and oxygen atoms in total. The van der Waals surface area contributed by atoms with Crippen molar-refractivity contribution >= 4 is 23.9 Å². The Kier molecular flexibility index (Phi) is 17.1. The van der Waals surface area contributed by atoms with Crippen molar-refractivity contribution in [2.75, 3.05) is 13.1 Å². The highest BCUT2D eigenvalue weighted by atomic mass is 16.6. The molecule has 0 bridgehead atoms. The van der Waals surface area contributed by atoms with Crippen LogP contribution in [0.2, 0.25) is 0 Å². The summed E-state index contributed by atoms with van der Waals surface area (Å²) in [5.74, 6) is -1.72. The maximum atomic E-state index is 13.0. The van der Waals surface area contributed by atoms with Crippen molar-refractivity contribution < 1.29 is 33.4 Å². The van der Waals surface area contributed by atoms with Crippen molar-refractivity contribution in [2.24, 2.45) is 0 Å². The molecule has 0 saturated heterocycles. The fourth-order valence-electron chi connectivity index (χ4n) is 3.67. The zero-order chi connectivity index (χ0) is 31.0. The van der Waals surface area contributed by atoms with Gasteiger partial charge in [-0.25, -0.2) is 14.4 Å². The van der Waals surface area contributed by atoms with Gasteiger partial charge in [-0.3, -0.25) is 4.79 Å². The quantitative estimate of drug-likeness (QED) is 0.124. The number of carbonyl (C=O) groups excluding carboxylic acids is 4. The van der Waals surface area contributed by atoms with Crippen molar-refractivity contribution in [3.05, 3.63) is 0 Å². The smallest absolute Gasteiger partial charge is 0.329 e. The fraction of sp³-hybridized carbons (Fsp3) is 0.867. The summed E-state index contributed by atoms with van der Waals surface area (Å²) in [6.45, 7) is 19.5. The largest absolute Gasteiger partial charge is 0.460 e. The van der Waals surface area contributed by atoms with E-state index in [1.807, 2.05) is 0 Å². The van der Waals surface area contributed by atoms with Gasteiger partial charge in [0.15, 0.2) is 0 Å². The zero-order valence-corrected chi connectivity index (χ0v) is 26.8. The summed E-state index contributed by atoms with van der Waals surface area (Å²) < 4.78 is 16.3. The van der Waals surface area contributed by atoms with Crippen molar-refractivity contribution in [3.8, 4) is 0 Å². The highest BCUT2D eigenvalue weighted by molar-refractivity contribution is 5.87. The highest BCUT2D eigenvalue weighted by Gasteiger charge is 2.31. The van der Waals surface area contributed by atoms with E-state index in [1.165, 1.54) is 25.7 Å². The molecule has 0 saturated carbocycles. The van der Waals surface area contributed by atoms with Gasteiger partial charge in [-0.1, -0.05) is 32.6 Å². The van der Waals surface area contributed by atoms with Gasteiger partial charge in [0, 0.05) is 6.42 Å². The standard InChI is InChI=1S/C30H57N3O7/c1-11-12-13-14-15-20-31-21-16-17-22(25(35)39-29(5,6)7)32-27(37)33-23(26(36)40-30(8,9)10)18-19-24(34)38-28(2,3)4/h22-23,31H,11-21H2,1-10H3,(H2,32,33,37)/t22-,23-/m0/s1. The van der Waals surface area contributed by atoms with Gasteiger partial charge in [-0.15, -0.1) is 0 Å². The van der Waals surface area contributed by atoms with Gasteiger partial charge < -0.3 is 30.2 Å². The number of rotatable bonds is 17. The number of hydrogen-bond donors (Lipinski definition) is 3. The highest BCUT2D eigenvalue weighted by Crippen LogP contribution is 2.14. The topological polar surface area (TPSA) is 132 Å². The van der Waals surface area contributed by atoms with Crippen molar-refractivity contribution in [1.29, 1.82) is 0 Å². The van der Waals surface area contributed by atoms with Crippen LogP contribution in [0.1, 0.15) is 127 Å². The maximum Gasteiger partial charge on any atom is 0.329 e. The minimum Gasteiger partial charge on any atom is -0.460 e. The predicted octanol–water partition coefficient (Wildman–Crippen LogP) is 5.17. The van der Waals surface area contributed by atoms with E-state index in [0.29, 0.717) is 19.4 Å². The summed E-state index contributed by atoms with van der Waals surface area (Å²) in [5.41, 5.74) is -2.19. The van der Waals surface area contributed by atoms with Gasteiger partial charge in [0.1, 0.15) is 28.9 Å². The first-order valence-electron chi connectivity index (χ1n) is 14.8. The average molecular weight is 572 g/mol. The summed E-state index contributed by atoms with van der Waals surface area (Å²) >= 11 is 0. The van der Waals surface area contributed by atoms with Crippen LogP contribution in [-0.2, 0) is 28.6 Å². The molecule has 0 radical (unpaired) electrons. The van der Waals surface area contributed by atoms with E-state index in [1.54, 1.807) is 62.3 Å². The molecule has 0 aromatic carbocycles. The molecule has 10 heteroatoms. The normalized spacial score (nSPS) is 13.7. The van der Waals surface area contributed by atoms with E-state index in [9.17, 15) is 19.2 Å². The van der Waals surface area contributed by atoms with Crippen LogP contribution in [0.4, 0.5) is 4.79 Å². The van der Waals surface area contributed by atoms with Crippen LogP contribution in [0.15, 0.2) is 0 Å². The first-order chi connectivity index (χ1) is 18.3. The van der Waals surface area contributed by atoms with Gasteiger partial charge in [-0.2, -0.15) is 0 Å². The van der Waals surface area contributed by atoms with E-state index < -0.39 is 52.8 Å². The third kappa shape index (κ3) is 21.5. The van der Waals surface area contributed by atoms with E-state index in [2.05, 4.69) is 22.9 Å². The third-order valence-corrected chi connectivity index (χ3v) is 5.35. The lowest BCUT2D eigenvalue weighted by atomic mass is 10.1. The van der Waals surface area contributed by atoms with Gasteiger partial charge >= 0.3 is 23.9 Å². The molecule has 0 rings (SSSR count). The van der Waals surface area contributed by atoms with Gasteiger partial charge in [0.25, 0.3) is 0 Å². The monoisotopic (exact) mass is 571 g/mol. The van der Waals surface area contributed by atoms with E-state index >= 15 is 0 Å². The number of unbranched alkanes of at least 4 members (excludes halogenated alkanes) is 4. The minimum absolute atomic E-state index is 0.0173. The Labute approximate surface area is 242 Å². The van der Waals surface area contributed by atoms with Crippen molar-refractivity contribution in [1.82, 2.24) is 16.0 Å². The Morgan fingerprint density at radius 3 is 1.52 bits per heavy atom. The molecule has 2 amide bonds. The minimum atomic E-state index is -1.11. The molecule has 0 aliphatic heterocycles. The van der Waals surface area contributed by atoms with Crippen LogP contribution < -0.4 is 16.0 Å². The molecular weight excluding hydrogens is 514 g/mol. The van der Waals surface area contributed by atoms with Crippen LogP contribution in [-0.4, -0.2) is 65.9 Å². The van der Waals surface area contributed by atoms with Crippen LogP contribution in [0.3, 0.4) is 0 Å². The number of nitrogens with one attached hydrogen (secondary N) is 3. The second-order valence-electron chi connectivity index (χ2n) is 13.2. The molecule has 0 heterocycles. The van der Waals surface area contributed by atoms with Gasteiger partial charge in [-0.05, 0) is 101 Å². The lowest BCUT2D eigenvalue weighted by molar-refractivity contribution is -0.159. The summed E-state index contributed by atoms with van der Waals surface area (Å²) in [6.07, 6.45) is 6.88. The molecule has 2 atom stereocenters. The molecular formula is C30H57N3O7. The van der Waals surface area contributed by atoms with Crippen LogP contribution in [0.5, 0.6) is 0 Å². The Balaban J connectivity index is 5.23. The molecule has 40 heavy (non-hydrogen) atoms. The number of esters is 3. The molecule has 0 aromatic rings. The van der Waals surface area contributed by atoms with Crippen LogP contribution in [0.25, 0.3) is 0 Å². The molecule has 0 aliphatic rings. The summed E-state index contributed by atoms with van der Waals surface area (Å²) in [6, 6.07) is -2.74. The first kappa shape index (κ1) is 37.6. The Bertz CT molecular complexity index is 780. The lowest BCUT2D eigenvalue weighted by Crippen LogP contribution is -2.53. The summed E-state index contributed by atoms with van der Waals surface area (Å²) in [5, 5.41) is 8.63. The van der Waals surface area contributed by atoms with Crippen molar-refractivity contribution in [2.45, 2.75) is 156 Å². The van der Waals surface area contributed by atoms with E-state index in [0.717, 1.165) is 13.0 Å². The van der Waals surface area contributed by atoms with Crippen LogP contribution >= 0.6 is 0 Å². The Morgan fingerprint density at radius 2 is 1.05 bits per heavy atom. The SMILES string of the molecule is CCCCCCCNCCC[C@H](NC(=O)N[C@@H](CCC(=O)OC(C)(C)C)C(=O)OC(C)(C)C)C(=O)OC(C)(C)C. The fourth-order valence-corrected chi connectivity index (χ4v) is 3.67. The molecule has 3 N–H and O–H groups in total. The van der Waals surface area contributed by atoms with Gasteiger partial charge in [0.2, 0.25) is 0 Å². The maximum absolute atomic E-state index is 13.0. The average Bonchev–Trinajstić information content (AvgIpc) is 2.76. The third-order valence-electron chi connectivity index (χ3n) is 5.35. The number of carbonyl (C=O) groups is 4. The summed E-state index contributed by atoms with van der Waals surface area (Å²) in [7, 11) is 0. The predicted molar refractivity (Wildman–Crippen MR) is 157 cm³/mol. The molecule has 0 unspecified atom stereocenters. The van der Waals surface area contributed by atoms with E-state index in [-0.39, 0.29) is 12.8 Å². The second kappa shape index (κ2) is 18.1. The van der Waals surface area contributed by atoms with E-state index in [4.69, 9.17) is 14.2 Å². The number of hydrogen-bond acceptors (Lipinski definition) is 8. The number of ether oxygens (including phenoxy) is 3. The first-order valence-corrected chi connectivity index (χ1v) is 14.8. The van der Waals surface area contributed by atoms with Gasteiger partial charge in [0.05, 0.1) is 0 Å². The number of urea groups is 1. The second-order valence-corrected chi connectivity index (χ2v) is 13.2. The molecule has 0 spiro atoms. The lowest BCUT2D eigenvalue weighted by Gasteiger charge is -2.27. The van der Waals surface area contributed by atoms with Crippen molar-refractivity contribution in [3.63, 3.8) is 0 Å². The molecule has 234 valence electrons. The Hall–Kier alpha value is -2.36.